The van der Waals surface area contributed by atoms with Crippen LogP contribution in [-0.4, -0.2) is 14.8 Å². The lowest BCUT2D eigenvalue weighted by atomic mass is 10.0. The highest BCUT2D eigenvalue weighted by atomic mass is 19.1. The molecule has 0 bridgehead atoms. The maximum absolute atomic E-state index is 13.1. The first kappa shape index (κ1) is 11.8. The molecule has 4 heteroatoms. The molecule has 0 unspecified atom stereocenters. The van der Waals surface area contributed by atoms with Crippen LogP contribution in [0.2, 0.25) is 0 Å². The lowest BCUT2D eigenvalue weighted by molar-refractivity contribution is 0.399. The van der Waals surface area contributed by atoms with E-state index < -0.39 is 0 Å². The van der Waals surface area contributed by atoms with Gasteiger partial charge in [0.25, 0.3) is 0 Å². The van der Waals surface area contributed by atoms with Crippen LogP contribution in [0.25, 0.3) is 11.4 Å². The van der Waals surface area contributed by atoms with Crippen molar-refractivity contribution < 1.29 is 4.39 Å². The molecule has 17 heavy (non-hydrogen) atoms. The van der Waals surface area contributed by atoms with Crippen LogP contribution in [0.15, 0.2) is 24.5 Å². The van der Waals surface area contributed by atoms with Gasteiger partial charge in [-0.3, -0.25) is 0 Å². The van der Waals surface area contributed by atoms with Gasteiger partial charge in [0.2, 0.25) is 0 Å². The van der Waals surface area contributed by atoms with Crippen molar-refractivity contribution in [1.29, 1.82) is 0 Å². The molecule has 0 amide bonds. The van der Waals surface area contributed by atoms with Gasteiger partial charge in [-0.2, -0.15) is 0 Å². The van der Waals surface area contributed by atoms with E-state index in [2.05, 4.69) is 31.0 Å². The lowest BCUT2D eigenvalue weighted by Gasteiger charge is -2.22. The summed E-state index contributed by atoms with van der Waals surface area (Å²) in [6.07, 6.45) is 1.71. The molecule has 0 fully saturated rings. The summed E-state index contributed by atoms with van der Waals surface area (Å²) in [4.78, 5) is 0. The number of halogens is 1. The summed E-state index contributed by atoms with van der Waals surface area (Å²) in [5, 5.41) is 8.08. The minimum atomic E-state index is -0.229. The first-order chi connectivity index (χ1) is 7.89. The summed E-state index contributed by atoms with van der Waals surface area (Å²) in [7, 11) is 0. The second kappa shape index (κ2) is 3.95. The van der Waals surface area contributed by atoms with Crippen LogP contribution in [0.1, 0.15) is 26.3 Å². The highest BCUT2D eigenvalue weighted by molar-refractivity contribution is 5.60. The zero-order chi connectivity index (χ0) is 12.6. The van der Waals surface area contributed by atoms with Crippen molar-refractivity contribution in [2.24, 2.45) is 0 Å². The highest BCUT2D eigenvalue weighted by Crippen LogP contribution is 2.26. The molecular formula is C13H16FN3. The van der Waals surface area contributed by atoms with Gasteiger partial charge in [0.15, 0.2) is 5.82 Å². The molecule has 0 aliphatic heterocycles. The van der Waals surface area contributed by atoms with E-state index in [0.29, 0.717) is 0 Å². The van der Waals surface area contributed by atoms with Crippen molar-refractivity contribution in [1.82, 2.24) is 14.8 Å². The third-order valence-corrected chi connectivity index (χ3v) is 2.70. The van der Waals surface area contributed by atoms with E-state index in [9.17, 15) is 4.39 Å². The molecule has 2 aromatic rings. The summed E-state index contributed by atoms with van der Waals surface area (Å²) in [5.74, 6) is 0.545. The summed E-state index contributed by atoms with van der Waals surface area (Å²) in [5.41, 5.74) is 1.68. The molecule has 0 spiro atoms. The number of hydrogen-bond acceptors (Lipinski definition) is 2. The molecule has 0 atom stereocenters. The van der Waals surface area contributed by atoms with Crippen molar-refractivity contribution in [3.63, 3.8) is 0 Å². The summed E-state index contributed by atoms with van der Waals surface area (Å²) in [6.45, 7) is 8.12. The third kappa shape index (κ3) is 2.20. The lowest BCUT2D eigenvalue weighted by Crippen LogP contribution is -2.22. The predicted molar refractivity (Wildman–Crippen MR) is 65.1 cm³/mol. The SMILES string of the molecule is Cc1cc(F)ccc1-c1nncn1C(C)(C)C. The maximum atomic E-state index is 13.1. The second-order valence-corrected chi connectivity index (χ2v) is 5.15. The van der Waals surface area contributed by atoms with Crippen molar-refractivity contribution in [3.8, 4) is 11.4 Å². The monoisotopic (exact) mass is 233 g/mol. The van der Waals surface area contributed by atoms with Gasteiger partial charge in [0, 0.05) is 11.1 Å². The fraction of sp³-hybridized carbons (Fsp3) is 0.385. The van der Waals surface area contributed by atoms with E-state index >= 15 is 0 Å². The Labute approximate surface area is 100 Å². The number of aryl methyl sites for hydroxylation is 1. The average molecular weight is 233 g/mol. The molecular weight excluding hydrogens is 217 g/mol. The van der Waals surface area contributed by atoms with E-state index in [0.717, 1.165) is 17.0 Å². The van der Waals surface area contributed by atoms with E-state index in [1.54, 1.807) is 12.4 Å². The van der Waals surface area contributed by atoms with Gasteiger partial charge in [-0.15, -0.1) is 10.2 Å². The quantitative estimate of drug-likeness (QED) is 0.757. The van der Waals surface area contributed by atoms with Crippen LogP contribution in [0.4, 0.5) is 4.39 Å². The Balaban J connectivity index is 2.58. The van der Waals surface area contributed by atoms with Crippen LogP contribution < -0.4 is 0 Å². The highest BCUT2D eigenvalue weighted by Gasteiger charge is 2.19. The standard InChI is InChI=1S/C13H16FN3/c1-9-7-10(14)5-6-11(9)12-16-15-8-17(12)13(2,3)4/h5-8H,1-4H3. The van der Waals surface area contributed by atoms with Gasteiger partial charge in [-0.1, -0.05) is 0 Å². The Bertz CT molecular complexity index is 538. The normalized spacial score (nSPS) is 11.8. The van der Waals surface area contributed by atoms with Crippen molar-refractivity contribution in [3.05, 3.63) is 35.9 Å². The zero-order valence-electron chi connectivity index (χ0n) is 10.5. The Kier molecular flexibility index (Phi) is 2.73. The first-order valence-electron chi connectivity index (χ1n) is 5.56. The molecule has 0 aliphatic carbocycles. The van der Waals surface area contributed by atoms with E-state index in [1.165, 1.54) is 12.1 Å². The summed E-state index contributed by atoms with van der Waals surface area (Å²) < 4.78 is 15.1. The number of benzene rings is 1. The van der Waals surface area contributed by atoms with Crippen LogP contribution >= 0.6 is 0 Å². The molecule has 0 saturated carbocycles. The minimum absolute atomic E-state index is 0.0976. The molecule has 0 saturated heterocycles. The number of aromatic nitrogens is 3. The maximum Gasteiger partial charge on any atom is 0.164 e. The van der Waals surface area contributed by atoms with Gasteiger partial charge in [-0.05, 0) is 51.5 Å². The summed E-state index contributed by atoms with van der Waals surface area (Å²) in [6, 6.07) is 4.71. The van der Waals surface area contributed by atoms with Crippen LogP contribution in [0, 0.1) is 12.7 Å². The van der Waals surface area contributed by atoms with Gasteiger partial charge < -0.3 is 4.57 Å². The third-order valence-electron chi connectivity index (χ3n) is 2.70. The van der Waals surface area contributed by atoms with Crippen LogP contribution in [-0.2, 0) is 5.54 Å². The Hall–Kier alpha value is -1.71. The molecule has 0 radical (unpaired) electrons. The fourth-order valence-corrected chi connectivity index (χ4v) is 1.79. The van der Waals surface area contributed by atoms with Gasteiger partial charge in [-0.25, -0.2) is 4.39 Å². The molecule has 2 rings (SSSR count). The Morgan fingerprint density at radius 2 is 1.94 bits per heavy atom. The minimum Gasteiger partial charge on any atom is -0.308 e. The predicted octanol–water partition coefficient (Wildman–Crippen LogP) is 3.15. The summed E-state index contributed by atoms with van der Waals surface area (Å²) >= 11 is 0. The average Bonchev–Trinajstić information content (AvgIpc) is 2.65. The van der Waals surface area contributed by atoms with Crippen molar-refractivity contribution in [2.45, 2.75) is 33.2 Å². The topological polar surface area (TPSA) is 30.7 Å². The molecule has 1 heterocycles. The zero-order valence-corrected chi connectivity index (χ0v) is 10.5. The molecule has 1 aromatic carbocycles. The Morgan fingerprint density at radius 3 is 2.53 bits per heavy atom. The molecule has 0 aliphatic rings. The van der Waals surface area contributed by atoms with Crippen LogP contribution in [0.3, 0.4) is 0 Å². The van der Waals surface area contributed by atoms with Gasteiger partial charge in [0.1, 0.15) is 12.1 Å². The van der Waals surface area contributed by atoms with E-state index in [1.807, 2.05) is 11.5 Å². The fourth-order valence-electron chi connectivity index (χ4n) is 1.79. The van der Waals surface area contributed by atoms with E-state index in [-0.39, 0.29) is 11.4 Å². The number of nitrogens with zero attached hydrogens (tertiary/aromatic N) is 3. The number of rotatable bonds is 1. The van der Waals surface area contributed by atoms with Crippen molar-refractivity contribution >= 4 is 0 Å². The molecule has 0 N–H and O–H groups in total. The van der Waals surface area contributed by atoms with Crippen LogP contribution in [0.5, 0.6) is 0 Å². The first-order valence-corrected chi connectivity index (χ1v) is 5.56. The van der Waals surface area contributed by atoms with Gasteiger partial charge in [0.05, 0.1) is 0 Å². The smallest absolute Gasteiger partial charge is 0.164 e. The Morgan fingerprint density at radius 1 is 1.24 bits per heavy atom. The molecule has 90 valence electrons. The second-order valence-electron chi connectivity index (χ2n) is 5.15. The number of hydrogen-bond donors (Lipinski definition) is 0. The van der Waals surface area contributed by atoms with E-state index in [4.69, 9.17) is 0 Å². The van der Waals surface area contributed by atoms with Crippen molar-refractivity contribution in [2.75, 3.05) is 0 Å². The molecule has 1 aromatic heterocycles. The molecule has 3 nitrogen and oxygen atoms in total. The van der Waals surface area contributed by atoms with Gasteiger partial charge >= 0.3 is 0 Å². The largest absolute Gasteiger partial charge is 0.308 e.